The maximum atomic E-state index is 6.00. The van der Waals surface area contributed by atoms with E-state index >= 15 is 0 Å². The molecule has 0 saturated heterocycles. The molecule has 4 rings (SSSR count). The van der Waals surface area contributed by atoms with E-state index in [1.807, 2.05) is 36.7 Å². The molecular formula is C17H19N5O. The van der Waals surface area contributed by atoms with Crippen molar-refractivity contribution in [2.45, 2.75) is 13.0 Å². The van der Waals surface area contributed by atoms with Crippen LogP contribution in [-0.2, 0) is 0 Å². The first-order chi connectivity index (χ1) is 11.3. The Hall–Kier alpha value is -2.60. The third-order valence-electron chi connectivity index (χ3n) is 3.89. The number of benzene rings is 1. The number of hydrogen-bond acceptors (Lipinski definition) is 5. The van der Waals surface area contributed by atoms with Crippen molar-refractivity contribution in [3.63, 3.8) is 0 Å². The minimum Gasteiger partial charge on any atom is -0.489 e. The molecule has 1 aliphatic heterocycles. The lowest BCUT2D eigenvalue weighted by molar-refractivity contribution is 0.218. The van der Waals surface area contributed by atoms with Crippen molar-refractivity contribution in [3.05, 3.63) is 42.7 Å². The maximum absolute atomic E-state index is 6.00. The molecule has 1 aliphatic rings. The molecule has 2 N–H and O–H groups in total. The molecule has 0 saturated carbocycles. The van der Waals surface area contributed by atoms with Gasteiger partial charge in [-0.3, -0.25) is 0 Å². The Bertz CT molecular complexity index is 829. The minimum absolute atomic E-state index is 0.108. The molecule has 0 unspecified atom stereocenters. The SMILES string of the molecule is C[C@@H]1CNCCNc2ccn3ncc(c3n2)-c2cccc(c2)O1. The molecule has 0 spiro atoms. The van der Waals surface area contributed by atoms with Crippen LogP contribution >= 0.6 is 0 Å². The van der Waals surface area contributed by atoms with Gasteiger partial charge in [0.15, 0.2) is 5.65 Å². The van der Waals surface area contributed by atoms with Gasteiger partial charge in [0.05, 0.1) is 6.20 Å². The van der Waals surface area contributed by atoms with Crippen molar-refractivity contribution in [2.75, 3.05) is 25.0 Å². The average molecular weight is 309 g/mol. The molecule has 2 aromatic heterocycles. The van der Waals surface area contributed by atoms with Crippen molar-refractivity contribution >= 4 is 11.5 Å². The monoisotopic (exact) mass is 309 g/mol. The van der Waals surface area contributed by atoms with Crippen LogP contribution in [0, 0.1) is 0 Å². The highest BCUT2D eigenvalue weighted by atomic mass is 16.5. The predicted molar refractivity (Wildman–Crippen MR) is 89.9 cm³/mol. The molecule has 0 fully saturated rings. The molecule has 4 bridgehead atoms. The van der Waals surface area contributed by atoms with E-state index in [1.165, 1.54) is 0 Å². The summed E-state index contributed by atoms with van der Waals surface area (Å²) in [7, 11) is 0. The van der Waals surface area contributed by atoms with Crippen LogP contribution in [-0.4, -0.2) is 40.3 Å². The molecule has 0 radical (unpaired) electrons. The number of rotatable bonds is 0. The van der Waals surface area contributed by atoms with E-state index in [-0.39, 0.29) is 6.10 Å². The highest BCUT2D eigenvalue weighted by Crippen LogP contribution is 2.27. The molecular weight excluding hydrogens is 290 g/mol. The molecule has 118 valence electrons. The Balaban J connectivity index is 1.83. The third-order valence-corrected chi connectivity index (χ3v) is 3.89. The highest BCUT2D eigenvalue weighted by Gasteiger charge is 2.11. The first-order valence-electron chi connectivity index (χ1n) is 7.86. The van der Waals surface area contributed by atoms with Gasteiger partial charge in [0.2, 0.25) is 0 Å². The van der Waals surface area contributed by atoms with Gasteiger partial charge in [-0.05, 0) is 30.7 Å². The quantitative estimate of drug-likeness (QED) is 0.666. The van der Waals surface area contributed by atoms with Crippen molar-refractivity contribution in [2.24, 2.45) is 0 Å². The highest BCUT2D eigenvalue weighted by molar-refractivity contribution is 5.78. The van der Waals surface area contributed by atoms with Crippen LogP contribution in [0.1, 0.15) is 6.92 Å². The first kappa shape index (κ1) is 14.0. The van der Waals surface area contributed by atoms with E-state index in [9.17, 15) is 0 Å². The summed E-state index contributed by atoms with van der Waals surface area (Å²) in [6.45, 7) is 4.54. The Labute approximate surface area is 134 Å². The standard InChI is InChI=1S/C17H19N5O/c1-12-10-18-6-7-19-16-5-8-22-17(21-16)15(11-20-22)13-3-2-4-14(9-13)23-12/h2-5,8-9,11-12,18H,6-7,10H2,1H3,(H,19,21)/t12-/m1/s1. The predicted octanol–water partition coefficient (Wildman–Crippen LogP) is 2.18. The number of nitrogens with one attached hydrogen (secondary N) is 2. The Morgan fingerprint density at radius 1 is 1.26 bits per heavy atom. The second-order valence-corrected chi connectivity index (χ2v) is 5.73. The number of aromatic nitrogens is 3. The van der Waals surface area contributed by atoms with Gasteiger partial charge in [0.1, 0.15) is 17.7 Å². The number of anilines is 1. The smallest absolute Gasteiger partial charge is 0.165 e. The van der Waals surface area contributed by atoms with Gasteiger partial charge in [-0.25, -0.2) is 9.50 Å². The van der Waals surface area contributed by atoms with Crippen molar-refractivity contribution in [1.29, 1.82) is 0 Å². The molecule has 3 aromatic rings. The summed E-state index contributed by atoms with van der Waals surface area (Å²) >= 11 is 0. The van der Waals surface area contributed by atoms with Gasteiger partial charge in [0, 0.05) is 31.4 Å². The minimum atomic E-state index is 0.108. The Kier molecular flexibility index (Phi) is 3.59. The normalized spacial score (nSPS) is 18.2. The zero-order valence-corrected chi connectivity index (χ0v) is 13.0. The van der Waals surface area contributed by atoms with E-state index in [0.29, 0.717) is 0 Å². The fourth-order valence-electron chi connectivity index (χ4n) is 2.77. The van der Waals surface area contributed by atoms with Gasteiger partial charge in [0.25, 0.3) is 0 Å². The largest absolute Gasteiger partial charge is 0.489 e. The number of nitrogens with zero attached hydrogens (tertiary/aromatic N) is 3. The first-order valence-corrected chi connectivity index (χ1v) is 7.86. The van der Waals surface area contributed by atoms with E-state index in [4.69, 9.17) is 9.72 Å². The van der Waals surface area contributed by atoms with E-state index in [2.05, 4.69) is 28.7 Å². The summed E-state index contributed by atoms with van der Waals surface area (Å²) in [5.41, 5.74) is 2.89. The molecule has 6 heteroatoms. The van der Waals surface area contributed by atoms with Crippen LogP contribution in [0.4, 0.5) is 5.82 Å². The second-order valence-electron chi connectivity index (χ2n) is 5.73. The van der Waals surface area contributed by atoms with Gasteiger partial charge in [-0.15, -0.1) is 0 Å². The number of ether oxygens (including phenoxy) is 1. The average Bonchev–Trinajstić information content (AvgIpc) is 2.97. The second kappa shape index (κ2) is 5.89. The molecule has 6 nitrogen and oxygen atoms in total. The van der Waals surface area contributed by atoms with Crippen molar-refractivity contribution < 1.29 is 4.74 Å². The van der Waals surface area contributed by atoms with Crippen LogP contribution in [0.15, 0.2) is 42.7 Å². The van der Waals surface area contributed by atoms with Crippen LogP contribution in [0.25, 0.3) is 16.8 Å². The molecule has 23 heavy (non-hydrogen) atoms. The lowest BCUT2D eigenvalue weighted by Gasteiger charge is -2.17. The lowest BCUT2D eigenvalue weighted by Crippen LogP contribution is -2.32. The Morgan fingerprint density at radius 3 is 3.17 bits per heavy atom. The zero-order chi connectivity index (χ0) is 15.6. The van der Waals surface area contributed by atoms with E-state index in [1.54, 1.807) is 4.52 Å². The van der Waals surface area contributed by atoms with Crippen LogP contribution in [0.5, 0.6) is 5.75 Å². The van der Waals surface area contributed by atoms with Crippen molar-refractivity contribution in [1.82, 2.24) is 19.9 Å². The summed E-state index contributed by atoms with van der Waals surface area (Å²) < 4.78 is 7.79. The van der Waals surface area contributed by atoms with Gasteiger partial charge in [-0.1, -0.05) is 12.1 Å². The molecule has 1 aromatic carbocycles. The lowest BCUT2D eigenvalue weighted by atomic mass is 10.1. The summed E-state index contributed by atoms with van der Waals surface area (Å²) in [6, 6.07) is 10.0. The van der Waals surface area contributed by atoms with Gasteiger partial charge >= 0.3 is 0 Å². The summed E-state index contributed by atoms with van der Waals surface area (Å²) in [5, 5.41) is 11.1. The number of fused-ring (bicyclic) bond motifs is 4. The summed E-state index contributed by atoms with van der Waals surface area (Å²) in [4.78, 5) is 4.69. The van der Waals surface area contributed by atoms with E-state index in [0.717, 1.165) is 48.0 Å². The Morgan fingerprint density at radius 2 is 2.22 bits per heavy atom. The van der Waals surface area contributed by atoms with Crippen LogP contribution < -0.4 is 15.4 Å². The van der Waals surface area contributed by atoms with Crippen LogP contribution in [0.3, 0.4) is 0 Å². The molecule has 3 heterocycles. The van der Waals surface area contributed by atoms with Crippen LogP contribution in [0.2, 0.25) is 0 Å². The van der Waals surface area contributed by atoms with Gasteiger partial charge in [-0.2, -0.15) is 5.10 Å². The molecule has 1 atom stereocenters. The third kappa shape index (κ3) is 2.85. The summed E-state index contributed by atoms with van der Waals surface area (Å²) in [5.74, 6) is 1.72. The maximum Gasteiger partial charge on any atom is 0.165 e. The molecule has 0 aliphatic carbocycles. The summed E-state index contributed by atoms with van der Waals surface area (Å²) in [6.07, 6.45) is 3.88. The van der Waals surface area contributed by atoms with Crippen molar-refractivity contribution in [3.8, 4) is 16.9 Å². The zero-order valence-electron chi connectivity index (χ0n) is 13.0. The number of hydrogen-bond donors (Lipinski definition) is 2. The fraction of sp³-hybridized carbons (Fsp3) is 0.294. The van der Waals surface area contributed by atoms with E-state index < -0.39 is 0 Å². The topological polar surface area (TPSA) is 63.5 Å². The fourth-order valence-corrected chi connectivity index (χ4v) is 2.77. The molecule has 0 amide bonds. The van der Waals surface area contributed by atoms with Gasteiger partial charge < -0.3 is 15.4 Å².